The molecule has 32 heavy (non-hydrogen) atoms. The lowest BCUT2D eigenvalue weighted by Gasteiger charge is -2.29. The van der Waals surface area contributed by atoms with Gasteiger partial charge in [-0.25, -0.2) is 9.78 Å². The quantitative estimate of drug-likeness (QED) is 0.625. The Labute approximate surface area is 187 Å². The molecule has 5 rings (SSSR count). The molecule has 2 fully saturated rings. The van der Waals surface area contributed by atoms with Crippen LogP contribution in [-0.2, 0) is 7.05 Å². The van der Waals surface area contributed by atoms with Gasteiger partial charge in [0.1, 0.15) is 17.5 Å². The Morgan fingerprint density at radius 3 is 2.28 bits per heavy atom. The highest BCUT2D eigenvalue weighted by atomic mass is 16.1. The van der Waals surface area contributed by atoms with Gasteiger partial charge in [-0.1, -0.05) is 0 Å². The zero-order valence-electron chi connectivity index (χ0n) is 19.0. The van der Waals surface area contributed by atoms with E-state index in [1.54, 1.807) is 22.4 Å². The van der Waals surface area contributed by atoms with E-state index in [0.717, 1.165) is 61.9 Å². The third kappa shape index (κ3) is 3.79. The van der Waals surface area contributed by atoms with Crippen LogP contribution in [0.2, 0.25) is 0 Å². The monoisotopic (exact) mass is 437 g/mol. The lowest BCUT2D eigenvalue weighted by atomic mass is 10.3. The second-order valence-corrected chi connectivity index (χ2v) is 8.83. The zero-order valence-corrected chi connectivity index (χ0v) is 19.0. The van der Waals surface area contributed by atoms with Crippen LogP contribution in [0.1, 0.15) is 32.7 Å². The molecule has 3 aromatic heterocycles. The van der Waals surface area contributed by atoms with E-state index in [2.05, 4.69) is 31.5 Å². The van der Waals surface area contributed by atoms with Crippen molar-refractivity contribution in [2.45, 2.75) is 32.7 Å². The molecule has 10 heteroatoms. The van der Waals surface area contributed by atoms with Gasteiger partial charge in [0.25, 0.3) is 0 Å². The van der Waals surface area contributed by atoms with E-state index < -0.39 is 0 Å². The smallest absolute Gasteiger partial charge is 0.329 e. The van der Waals surface area contributed by atoms with Crippen LogP contribution in [0.4, 0.5) is 23.4 Å². The van der Waals surface area contributed by atoms with E-state index in [0.29, 0.717) is 11.8 Å². The Morgan fingerprint density at radius 1 is 0.969 bits per heavy atom. The summed E-state index contributed by atoms with van der Waals surface area (Å²) in [6.07, 6.45) is 4.11. The fourth-order valence-corrected chi connectivity index (χ4v) is 4.58. The maximum absolute atomic E-state index is 12.6. The number of pyridine rings is 1. The highest BCUT2D eigenvalue weighted by Crippen LogP contribution is 2.26. The van der Waals surface area contributed by atoms with Crippen molar-refractivity contribution < 1.29 is 0 Å². The SMILES string of the molecule is CC(C)n1c(=O)n(C)c2cnc(Nc3nc(N4CCCC4)cc(N4CCNCC4)n3)cc21. The molecular formula is C22H31N9O. The number of aromatic nitrogens is 5. The third-order valence-electron chi connectivity index (χ3n) is 6.30. The molecule has 2 aliphatic heterocycles. The predicted molar refractivity (Wildman–Crippen MR) is 127 cm³/mol. The molecule has 0 unspecified atom stereocenters. The number of piperazine rings is 1. The molecule has 0 radical (unpaired) electrons. The van der Waals surface area contributed by atoms with Gasteiger partial charge in [0.05, 0.1) is 17.2 Å². The number of hydrogen-bond donors (Lipinski definition) is 2. The van der Waals surface area contributed by atoms with Gasteiger partial charge in [0.15, 0.2) is 0 Å². The van der Waals surface area contributed by atoms with E-state index in [4.69, 9.17) is 9.97 Å². The largest absolute Gasteiger partial charge is 0.356 e. The first-order valence-corrected chi connectivity index (χ1v) is 11.4. The van der Waals surface area contributed by atoms with E-state index in [1.807, 2.05) is 19.9 Å². The van der Waals surface area contributed by atoms with Gasteiger partial charge in [-0.15, -0.1) is 0 Å². The highest BCUT2D eigenvalue weighted by molar-refractivity contribution is 5.79. The maximum atomic E-state index is 12.6. The summed E-state index contributed by atoms with van der Waals surface area (Å²) >= 11 is 0. The standard InChI is InChI=1S/C22H31N9O/c1-15(2)31-16-12-18(24-14-17(16)28(3)22(31)32)25-21-26-19(29-8-4-5-9-29)13-20(27-21)30-10-6-23-7-11-30/h12-15,23H,4-11H2,1-3H3,(H,24,25,26,27). The summed E-state index contributed by atoms with van der Waals surface area (Å²) in [5, 5.41) is 6.70. The van der Waals surface area contributed by atoms with E-state index in [-0.39, 0.29) is 11.7 Å². The van der Waals surface area contributed by atoms with E-state index >= 15 is 0 Å². The van der Waals surface area contributed by atoms with Crippen LogP contribution < -0.4 is 26.1 Å². The van der Waals surface area contributed by atoms with E-state index in [1.165, 1.54) is 12.8 Å². The van der Waals surface area contributed by atoms with Crippen LogP contribution in [0.15, 0.2) is 23.1 Å². The van der Waals surface area contributed by atoms with Gasteiger partial charge in [0, 0.05) is 64.5 Å². The number of anilines is 4. The van der Waals surface area contributed by atoms with Crippen molar-refractivity contribution in [2.24, 2.45) is 7.05 Å². The fraction of sp³-hybridized carbons (Fsp3) is 0.545. The lowest BCUT2D eigenvalue weighted by molar-refractivity contribution is 0.583. The molecule has 3 aromatic rings. The zero-order chi connectivity index (χ0) is 22.2. The summed E-state index contributed by atoms with van der Waals surface area (Å²) < 4.78 is 3.43. The van der Waals surface area contributed by atoms with Crippen molar-refractivity contribution in [1.82, 2.24) is 29.4 Å². The highest BCUT2D eigenvalue weighted by Gasteiger charge is 2.20. The Bertz CT molecular complexity index is 1170. The summed E-state index contributed by atoms with van der Waals surface area (Å²) in [5.74, 6) is 3.05. The normalized spacial score (nSPS) is 17.0. The Hall–Kier alpha value is -3.14. The van der Waals surface area contributed by atoms with Crippen molar-refractivity contribution in [1.29, 1.82) is 0 Å². The van der Waals surface area contributed by atoms with Crippen molar-refractivity contribution in [3.8, 4) is 0 Å². The Kier molecular flexibility index (Phi) is 5.46. The molecule has 0 spiro atoms. The Balaban J connectivity index is 1.52. The van der Waals surface area contributed by atoms with Crippen LogP contribution >= 0.6 is 0 Å². The van der Waals surface area contributed by atoms with Crippen LogP contribution in [0.3, 0.4) is 0 Å². The molecule has 0 amide bonds. The summed E-state index contributed by atoms with van der Waals surface area (Å²) in [6, 6.07) is 4.06. The lowest BCUT2D eigenvalue weighted by Crippen LogP contribution is -2.44. The van der Waals surface area contributed by atoms with E-state index in [9.17, 15) is 4.79 Å². The minimum Gasteiger partial charge on any atom is -0.356 e. The fourth-order valence-electron chi connectivity index (χ4n) is 4.58. The number of nitrogens with one attached hydrogen (secondary N) is 2. The molecule has 170 valence electrons. The maximum Gasteiger partial charge on any atom is 0.329 e. The summed E-state index contributed by atoms with van der Waals surface area (Å²) in [4.78, 5) is 31.4. The molecule has 2 saturated heterocycles. The second-order valence-electron chi connectivity index (χ2n) is 8.83. The molecule has 0 atom stereocenters. The minimum absolute atomic E-state index is 0.0396. The van der Waals surface area contributed by atoms with Crippen LogP contribution in [0.5, 0.6) is 0 Å². The third-order valence-corrected chi connectivity index (χ3v) is 6.30. The van der Waals surface area contributed by atoms with Crippen LogP contribution in [-0.4, -0.2) is 63.4 Å². The van der Waals surface area contributed by atoms with Gasteiger partial charge in [-0.3, -0.25) is 9.13 Å². The van der Waals surface area contributed by atoms with Crippen LogP contribution in [0.25, 0.3) is 11.0 Å². The molecule has 0 aromatic carbocycles. The van der Waals surface area contributed by atoms with Gasteiger partial charge < -0.3 is 20.4 Å². The summed E-state index contributed by atoms with van der Waals surface area (Å²) in [7, 11) is 1.78. The second kappa shape index (κ2) is 8.42. The molecule has 10 nitrogen and oxygen atoms in total. The van der Waals surface area contributed by atoms with Gasteiger partial charge in [-0.2, -0.15) is 9.97 Å². The number of nitrogens with zero attached hydrogens (tertiary/aromatic N) is 7. The molecular weight excluding hydrogens is 406 g/mol. The molecule has 0 bridgehead atoms. The van der Waals surface area contributed by atoms with Gasteiger partial charge in [-0.05, 0) is 26.7 Å². The molecule has 0 aliphatic carbocycles. The first-order chi connectivity index (χ1) is 15.5. The number of fused-ring (bicyclic) bond motifs is 1. The van der Waals surface area contributed by atoms with Crippen molar-refractivity contribution in [3.63, 3.8) is 0 Å². The number of hydrogen-bond acceptors (Lipinski definition) is 8. The number of aryl methyl sites for hydroxylation is 1. The van der Waals surface area contributed by atoms with Gasteiger partial charge in [0.2, 0.25) is 5.95 Å². The first-order valence-electron chi connectivity index (χ1n) is 11.4. The molecule has 5 heterocycles. The average molecular weight is 438 g/mol. The molecule has 2 N–H and O–H groups in total. The Morgan fingerprint density at radius 2 is 1.62 bits per heavy atom. The number of rotatable bonds is 5. The topological polar surface area (TPSA) is 96.1 Å². The average Bonchev–Trinajstić information content (AvgIpc) is 3.42. The first kappa shape index (κ1) is 20.7. The minimum atomic E-state index is -0.0396. The summed E-state index contributed by atoms with van der Waals surface area (Å²) in [5.41, 5.74) is 1.62. The molecule has 0 saturated carbocycles. The summed E-state index contributed by atoms with van der Waals surface area (Å²) in [6.45, 7) is 9.80. The van der Waals surface area contributed by atoms with Crippen LogP contribution in [0, 0.1) is 0 Å². The van der Waals surface area contributed by atoms with Gasteiger partial charge >= 0.3 is 5.69 Å². The van der Waals surface area contributed by atoms with Crippen molar-refractivity contribution in [3.05, 3.63) is 28.8 Å². The predicted octanol–water partition coefficient (Wildman–Crippen LogP) is 1.86. The van der Waals surface area contributed by atoms with Crippen molar-refractivity contribution >= 4 is 34.4 Å². The van der Waals surface area contributed by atoms with Crippen molar-refractivity contribution in [2.75, 3.05) is 54.4 Å². The molecule has 2 aliphatic rings. The number of imidazole rings is 1.